The zero-order chi connectivity index (χ0) is 19.1. The summed E-state index contributed by atoms with van der Waals surface area (Å²) in [5.41, 5.74) is 8.94. The van der Waals surface area contributed by atoms with E-state index in [0.29, 0.717) is 35.0 Å². The van der Waals surface area contributed by atoms with Crippen molar-refractivity contribution in [3.8, 4) is 11.4 Å². The smallest absolute Gasteiger partial charge is 0.224 e. The van der Waals surface area contributed by atoms with Crippen LogP contribution in [-0.4, -0.2) is 24.9 Å². The van der Waals surface area contributed by atoms with Crippen LogP contribution in [0.2, 0.25) is 5.02 Å². The summed E-state index contributed by atoms with van der Waals surface area (Å²) in [6.07, 6.45) is 3.49. The van der Waals surface area contributed by atoms with Gasteiger partial charge in [-0.25, -0.2) is 9.97 Å². The number of rotatable bonds is 4. The summed E-state index contributed by atoms with van der Waals surface area (Å²) < 4.78 is 5.66. The summed E-state index contributed by atoms with van der Waals surface area (Å²) in [6, 6.07) is 8.02. The van der Waals surface area contributed by atoms with Gasteiger partial charge >= 0.3 is 0 Å². The summed E-state index contributed by atoms with van der Waals surface area (Å²) in [5.74, 6) is 2.07. The number of hydrogen-bond donors (Lipinski definition) is 2. The first-order valence-electron chi connectivity index (χ1n) is 8.63. The van der Waals surface area contributed by atoms with Crippen molar-refractivity contribution < 1.29 is 4.74 Å². The molecule has 4 aromatic rings. The van der Waals surface area contributed by atoms with Gasteiger partial charge in [-0.3, -0.25) is 0 Å². The molecule has 0 spiro atoms. The number of nitrogens with two attached hydrogens (primary N) is 1. The molecule has 0 saturated carbocycles. The highest BCUT2D eigenvalue weighted by Crippen LogP contribution is 2.39. The summed E-state index contributed by atoms with van der Waals surface area (Å²) in [6.45, 7) is 1.12. The molecule has 28 heavy (non-hydrogen) atoms. The van der Waals surface area contributed by atoms with Crippen LogP contribution in [0.15, 0.2) is 41.8 Å². The number of nitrogen functional groups attached to an aromatic ring is 1. The number of nitrogens with zero attached hydrogens (tertiary/aromatic N) is 4. The van der Waals surface area contributed by atoms with Crippen molar-refractivity contribution in [2.75, 3.05) is 5.73 Å². The van der Waals surface area contributed by atoms with E-state index < -0.39 is 0 Å². The van der Waals surface area contributed by atoms with Gasteiger partial charge in [0.1, 0.15) is 5.82 Å². The number of aromatic nitrogens is 5. The molecule has 0 fully saturated rings. The normalized spacial score (nSPS) is 13.2. The zero-order valence-electron chi connectivity index (χ0n) is 14.6. The Labute approximate surface area is 169 Å². The Bertz CT molecular complexity index is 1180. The Morgan fingerprint density at radius 2 is 2.07 bits per heavy atom. The molecule has 0 amide bonds. The molecule has 2 aromatic heterocycles. The van der Waals surface area contributed by atoms with E-state index in [9.17, 15) is 0 Å². The lowest BCUT2D eigenvalue weighted by Gasteiger charge is -2.20. The number of benzene rings is 2. The highest BCUT2D eigenvalue weighted by molar-refractivity contribution is 7.98. The third kappa shape index (κ3) is 3.09. The van der Waals surface area contributed by atoms with Crippen LogP contribution in [0.5, 0.6) is 0 Å². The van der Waals surface area contributed by atoms with Gasteiger partial charge in [-0.2, -0.15) is 9.97 Å². The number of aromatic amines is 1. The molecule has 0 saturated heterocycles. The molecule has 0 unspecified atom stereocenters. The van der Waals surface area contributed by atoms with Crippen LogP contribution in [0.3, 0.4) is 0 Å². The standard InChI is InChI=1S/C19H15ClN6OS/c20-13-6-11-8-27-7-10-2-1-3-12(15(10)11)16(13)17-24-18(21)26-19(25-17)28-9-14-22-4-5-23-14/h1-6H,7-9H2,(H,22,23)(H2,21,24,25,26). The average molecular weight is 411 g/mol. The maximum atomic E-state index is 6.64. The van der Waals surface area contributed by atoms with E-state index in [0.717, 1.165) is 33.3 Å². The number of halogens is 1. The summed E-state index contributed by atoms with van der Waals surface area (Å²) in [4.78, 5) is 20.5. The minimum Gasteiger partial charge on any atom is -0.372 e. The van der Waals surface area contributed by atoms with Crippen molar-refractivity contribution in [1.29, 1.82) is 0 Å². The third-order valence-corrected chi connectivity index (χ3v) is 5.70. The van der Waals surface area contributed by atoms with Crippen molar-refractivity contribution in [2.45, 2.75) is 24.1 Å². The van der Waals surface area contributed by atoms with Gasteiger partial charge in [0.2, 0.25) is 5.95 Å². The summed E-state index contributed by atoms with van der Waals surface area (Å²) in [7, 11) is 0. The molecule has 0 radical (unpaired) electrons. The lowest BCUT2D eigenvalue weighted by Crippen LogP contribution is -2.06. The van der Waals surface area contributed by atoms with Crippen molar-refractivity contribution in [1.82, 2.24) is 24.9 Å². The summed E-state index contributed by atoms with van der Waals surface area (Å²) in [5, 5.41) is 3.24. The fourth-order valence-electron chi connectivity index (χ4n) is 3.40. The molecule has 2 aromatic carbocycles. The second-order valence-corrected chi connectivity index (χ2v) is 7.70. The number of ether oxygens (including phenoxy) is 1. The molecule has 1 aliphatic rings. The Morgan fingerprint density at radius 3 is 2.93 bits per heavy atom. The molecular weight excluding hydrogens is 396 g/mol. The Balaban J connectivity index is 1.62. The first kappa shape index (κ1) is 17.4. The van der Waals surface area contributed by atoms with Gasteiger partial charge in [-0.05, 0) is 28.0 Å². The van der Waals surface area contributed by atoms with Crippen molar-refractivity contribution in [2.24, 2.45) is 0 Å². The number of nitrogens with one attached hydrogen (secondary N) is 1. The molecule has 140 valence electrons. The molecule has 0 bridgehead atoms. The van der Waals surface area contributed by atoms with Crippen LogP contribution in [0.25, 0.3) is 22.2 Å². The SMILES string of the molecule is Nc1nc(SCc2ncc[nH]2)nc(-c2c(Cl)cc3c4c(cccc24)COC3)n1. The van der Waals surface area contributed by atoms with E-state index in [2.05, 4.69) is 31.0 Å². The van der Waals surface area contributed by atoms with Gasteiger partial charge in [-0.1, -0.05) is 41.6 Å². The van der Waals surface area contributed by atoms with Crippen LogP contribution in [0, 0.1) is 0 Å². The van der Waals surface area contributed by atoms with Crippen LogP contribution in [-0.2, 0) is 23.7 Å². The van der Waals surface area contributed by atoms with Gasteiger partial charge in [0.25, 0.3) is 0 Å². The van der Waals surface area contributed by atoms with Crippen LogP contribution in [0.1, 0.15) is 17.0 Å². The predicted molar refractivity (Wildman–Crippen MR) is 109 cm³/mol. The zero-order valence-corrected chi connectivity index (χ0v) is 16.2. The topological polar surface area (TPSA) is 103 Å². The Hall–Kier alpha value is -2.68. The van der Waals surface area contributed by atoms with Gasteiger partial charge in [0, 0.05) is 18.0 Å². The Morgan fingerprint density at radius 1 is 1.18 bits per heavy atom. The van der Waals surface area contributed by atoms with E-state index in [1.807, 2.05) is 18.2 Å². The first-order chi connectivity index (χ1) is 13.7. The number of hydrogen-bond acceptors (Lipinski definition) is 7. The first-order valence-corrected chi connectivity index (χ1v) is 9.99. The van der Waals surface area contributed by atoms with Gasteiger partial charge in [-0.15, -0.1) is 0 Å². The van der Waals surface area contributed by atoms with Gasteiger partial charge < -0.3 is 15.5 Å². The molecule has 0 aliphatic carbocycles. The molecule has 3 N–H and O–H groups in total. The van der Waals surface area contributed by atoms with E-state index in [-0.39, 0.29) is 5.95 Å². The summed E-state index contributed by atoms with van der Waals surface area (Å²) >= 11 is 8.08. The Kier molecular flexibility index (Phi) is 4.38. The number of H-pyrrole nitrogens is 1. The number of thioether (sulfide) groups is 1. The molecular formula is C19H15ClN6OS. The lowest BCUT2D eigenvalue weighted by atomic mass is 9.94. The fourth-order valence-corrected chi connectivity index (χ4v) is 4.46. The van der Waals surface area contributed by atoms with E-state index in [1.54, 1.807) is 12.4 Å². The molecule has 7 nitrogen and oxygen atoms in total. The van der Waals surface area contributed by atoms with Crippen LogP contribution >= 0.6 is 23.4 Å². The molecule has 1 aliphatic heterocycles. The fraction of sp³-hybridized carbons (Fsp3) is 0.158. The third-order valence-electron chi connectivity index (χ3n) is 4.54. The van der Waals surface area contributed by atoms with Crippen LogP contribution in [0.4, 0.5) is 5.95 Å². The van der Waals surface area contributed by atoms with Crippen molar-refractivity contribution >= 4 is 40.1 Å². The minimum atomic E-state index is 0.159. The second-order valence-electron chi connectivity index (χ2n) is 6.35. The largest absolute Gasteiger partial charge is 0.372 e. The maximum absolute atomic E-state index is 6.64. The maximum Gasteiger partial charge on any atom is 0.224 e. The molecule has 0 atom stereocenters. The van der Waals surface area contributed by atoms with Gasteiger partial charge in [0.15, 0.2) is 11.0 Å². The van der Waals surface area contributed by atoms with E-state index >= 15 is 0 Å². The second kappa shape index (κ2) is 7.05. The van der Waals surface area contributed by atoms with E-state index in [1.165, 1.54) is 11.8 Å². The number of anilines is 1. The minimum absolute atomic E-state index is 0.159. The number of imidazole rings is 1. The monoisotopic (exact) mass is 410 g/mol. The highest BCUT2D eigenvalue weighted by atomic mass is 35.5. The van der Waals surface area contributed by atoms with Crippen molar-refractivity contribution in [3.05, 3.63) is 58.6 Å². The molecule has 9 heteroatoms. The predicted octanol–water partition coefficient (Wildman–Crippen LogP) is 3.97. The van der Waals surface area contributed by atoms with Gasteiger partial charge in [0.05, 0.1) is 24.0 Å². The molecule has 5 rings (SSSR count). The van der Waals surface area contributed by atoms with Crippen molar-refractivity contribution in [3.63, 3.8) is 0 Å². The molecule has 3 heterocycles. The highest BCUT2D eigenvalue weighted by Gasteiger charge is 2.21. The average Bonchev–Trinajstić information content (AvgIpc) is 3.20. The lowest BCUT2D eigenvalue weighted by molar-refractivity contribution is 0.103. The van der Waals surface area contributed by atoms with E-state index in [4.69, 9.17) is 22.1 Å². The quantitative estimate of drug-likeness (QED) is 0.490. The van der Waals surface area contributed by atoms with Crippen LogP contribution < -0.4 is 5.73 Å².